The maximum Gasteiger partial charge on any atom is 0.246 e. The fourth-order valence-corrected chi connectivity index (χ4v) is 3.51. The van der Waals surface area contributed by atoms with Crippen LogP contribution in [0.5, 0.6) is 0 Å². The second-order valence-corrected chi connectivity index (χ2v) is 7.16. The van der Waals surface area contributed by atoms with Gasteiger partial charge in [-0.25, -0.2) is 0 Å². The van der Waals surface area contributed by atoms with E-state index >= 15 is 0 Å². The number of amides is 2. The monoisotopic (exact) mass is 296 g/mol. The third-order valence-electron chi connectivity index (χ3n) is 4.54. The van der Waals surface area contributed by atoms with Crippen LogP contribution >= 0.6 is 0 Å². The Hall–Kier alpha value is -1.10. The minimum Gasteiger partial charge on any atom is -0.375 e. The molecule has 120 valence electrons. The first-order valence-corrected chi connectivity index (χ1v) is 8.03. The molecule has 2 aliphatic rings. The van der Waals surface area contributed by atoms with Gasteiger partial charge < -0.3 is 15.0 Å². The van der Waals surface area contributed by atoms with E-state index in [1.54, 1.807) is 0 Å². The van der Waals surface area contributed by atoms with Crippen LogP contribution in [0.3, 0.4) is 0 Å². The van der Waals surface area contributed by atoms with Gasteiger partial charge in [-0.05, 0) is 39.0 Å². The second-order valence-electron chi connectivity index (χ2n) is 7.16. The lowest BCUT2D eigenvalue weighted by Gasteiger charge is -2.48. The second kappa shape index (κ2) is 5.95. The van der Waals surface area contributed by atoms with Crippen LogP contribution in [-0.2, 0) is 14.3 Å². The van der Waals surface area contributed by atoms with Gasteiger partial charge in [-0.15, -0.1) is 0 Å². The highest BCUT2D eigenvalue weighted by molar-refractivity contribution is 5.97. The predicted molar refractivity (Wildman–Crippen MR) is 80.7 cm³/mol. The lowest BCUT2D eigenvalue weighted by Crippen LogP contribution is -2.68. The van der Waals surface area contributed by atoms with Crippen molar-refractivity contribution >= 4 is 11.8 Å². The number of nitrogens with one attached hydrogen (secondary N) is 1. The first-order chi connectivity index (χ1) is 9.76. The maximum absolute atomic E-state index is 12.8. The Balaban J connectivity index is 2.29. The summed E-state index contributed by atoms with van der Waals surface area (Å²) in [5.74, 6) is 0.164. The Morgan fingerprint density at radius 1 is 1.38 bits per heavy atom. The number of carbonyl (C=O) groups excluding carboxylic acids is 2. The van der Waals surface area contributed by atoms with Crippen molar-refractivity contribution in [3.8, 4) is 0 Å². The van der Waals surface area contributed by atoms with Crippen LogP contribution in [0.1, 0.15) is 53.9 Å². The van der Waals surface area contributed by atoms with Crippen LogP contribution in [0.15, 0.2) is 0 Å². The van der Waals surface area contributed by atoms with E-state index in [2.05, 4.69) is 19.2 Å². The predicted octanol–water partition coefficient (Wildman–Crippen LogP) is 1.71. The molecule has 2 amide bonds. The molecule has 0 aliphatic carbocycles. The van der Waals surface area contributed by atoms with Crippen LogP contribution < -0.4 is 5.32 Å². The van der Waals surface area contributed by atoms with Gasteiger partial charge in [-0.2, -0.15) is 0 Å². The van der Waals surface area contributed by atoms with Crippen molar-refractivity contribution in [3.63, 3.8) is 0 Å². The zero-order chi connectivity index (χ0) is 15.8. The van der Waals surface area contributed by atoms with Crippen molar-refractivity contribution in [1.29, 1.82) is 0 Å². The van der Waals surface area contributed by atoms with Crippen LogP contribution in [-0.4, -0.2) is 47.0 Å². The fourth-order valence-electron chi connectivity index (χ4n) is 3.51. The van der Waals surface area contributed by atoms with E-state index in [-0.39, 0.29) is 41.5 Å². The van der Waals surface area contributed by atoms with Gasteiger partial charge in [0.25, 0.3) is 0 Å². The van der Waals surface area contributed by atoms with Crippen LogP contribution in [0, 0.1) is 5.92 Å². The summed E-state index contributed by atoms with van der Waals surface area (Å²) < 4.78 is 5.76. The van der Waals surface area contributed by atoms with Gasteiger partial charge in [0.1, 0.15) is 12.1 Å². The number of hydrogen-bond acceptors (Lipinski definition) is 3. The molecule has 0 spiro atoms. The molecule has 2 rings (SSSR count). The lowest BCUT2D eigenvalue weighted by atomic mass is 9.87. The minimum absolute atomic E-state index is 0.0132. The summed E-state index contributed by atoms with van der Waals surface area (Å²) in [5, 5.41) is 2.88. The zero-order valence-electron chi connectivity index (χ0n) is 13.8. The number of piperazine rings is 1. The normalized spacial score (nSPS) is 33.2. The molecule has 21 heavy (non-hydrogen) atoms. The zero-order valence-corrected chi connectivity index (χ0v) is 13.8. The smallest absolute Gasteiger partial charge is 0.246 e. The molecule has 0 radical (unpaired) electrons. The summed E-state index contributed by atoms with van der Waals surface area (Å²) in [6.07, 6.45) is 2.23. The maximum atomic E-state index is 12.8. The van der Waals surface area contributed by atoms with Crippen molar-refractivity contribution in [2.45, 2.75) is 77.6 Å². The van der Waals surface area contributed by atoms with E-state index in [1.165, 1.54) is 0 Å². The van der Waals surface area contributed by atoms with Crippen LogP contribution in [0.2, 0.25) is 0 Å². The van der Waals surface area contributed by atoms with Crippen molar-refractivity contribution in [3.05, 3.63) is 0 Å². The molecule has 3 atom stereocenters. The molecule has 2 heterocycles. The average molecular weight is 296 g/mol. The van der Waals surface area contributed by atoms with Crippen molar-refractivity contribution in [1.82, 2.24) is 10.2 Å². The van der Waals surface area contributed by atoms with Crippen molar-refractivity contribution in [2.24, 2.45) is 5.92 Å². The molecule has 1 N–H and O–H groups in total. The third-order valence-corrected chi connectivity index (χ3v) is 4.54. The molecular weight excluding hydrogens is 268 g/mol. The summed E-state index contributed by atoms with van der Waals surface area (Å²) in [4.78, 5) is 27.1. The van der Waals surface area contributed by atoms with Crippen molar-refractivity contribution in [2.75, 3.05) is 6.61 Å². The van der Waals surface area contributed by atoms with Gasteiger partial charge in [0.15, 0.2) is 0 Å². The highest BCUT2D eigenvalue weighted by atomic mass is 16.5. The molecular formula is C16H28N2O3. The number of carbonyl (C=O) groups is 2. The van der Waals surface area contributed by atoms with E-state index in [9.17, 15) is 9.59 Å². The summed E-state index contributed by atoms with van der Waals surface area (Å²) >= 11 is 0. The molecule has 0 saturated carbocycles. The van der Waals surface area contributed by atoms with Gasteiger partial charge in [0.05, 0.1) is 5.60 Å². The molecule has 0 aromatic carbocycles. The molecule has 0 aromatic rings. The Kier molecular flexibility index (Phi) is 4.61. The molecule has 3 unspecified atom stereocenters. The summed E-state index contributed by atoms with van der Waals surface area (Å²) in [5.41, 5.74) is -0.236. The van der Waals surface area contributed by atoms with Gasteiger partial charge >= 0.3 is 0 Å². The number of nitrogens with zero attached hydrogens (tertiary/aromatic N) is 1. The van der Waals surface area contributed by atoms with E-state index < -0.39 is 0 Å². The summed E-state index contributed by atoms with van der Waals surface area (Å²) in [6.45, 7) is 10.7. The Morgan fingerprint density at radius 3 is 2.57 bits per heavy atom. The molecule has 5 heteroatoms. The molecule has 0 bridgehead atoms. The molecule has 2 saturated heterocycles. The fraction of sp³-hybridized carbons (Fsp3) is 0.875. The van der Waals surface area contributed by atoms with E-state index in [0.717, 1.165) is 12.8 Å². The van der Waals surface area contributed by atoms with Gasteiger partial charge in [0.2, 0.25) is 11.8 Å². The Bertz CT molecular complexity index is 420. The Morgan fingerprint density at radius 2 is 2.05 bits per heavy atom. The van der Waals surface area contributed by atoms with Gasteiger partial charge in [0, 0.05) is 12.6 Å². The first-order valence-electron chi connectivity index (χ1n) is 8.03. The largest absolute Gasteiger partial charge is 0.375 e. The number of hydrogen-bond donors (Lipinski definition) is 1. The molecule has 2 aliphatic heterocycles. The Labute approximate surface area is 127 Å². The number of rotatable bonds is 3. The molecule has 2 fully saturated rings. The highest BCUT2D eigenvalue weighted by Crippen LogP contribution is 2.32. The molecule has 0 aromatic heterocycles. The quantitative estimate of drug-likeness (QED) is 0.862. The average Bonchev–Trinajstić information content (AvgIpc) is 2.38. The van der Waals surface area contributed by atoms with E-state index in [0.29, 0.717) is 13.0 Å². The van der Waals surface area contributed by atoms with Gasteiger partial charge in [-0.3, -0.25) is 9.59 Å². The standard InChI is InChI=1S/C16H28N2O3/c1-6-12-15(20)18(13(10(2)3)14(19)17-12)11-7-8-21-16(4,5)9-11/h10-13H,6-9H2,1-5H3,(H,17,19). The lowest BCUT2D eigenvalue weighted by molar-refractivity contribution is -0.161. The van der Waals surface area contributed by atoms with Gasteiger partial charge in [-0.1, -0.05) is 20.8 Å². The number of ether oxygens (including phenoxy) is 1. The van der Waals surface area contributed by atoms with Crippen molar-refractivity contribution < 1.29 is 14.3 Å². The van der Waals surface area contributed by atoms with Crippen LogP contribution in [0.4, 0.5) is 0 Å². The molecule has 5 nitrogen and oxygen atoms in total. The topological polar surface area (TPSA) is 58.6 Å². The summed E-state index contributed by atoms with van der Waals surface area (Å²) in [7, 11) is 0. The highest BCUT2D eigenvalue weighted by Gasteiger charge is 2.46. The minimum atomic E-state index is -0.376. The SMILES string of the molecule is CCC1NC(=O)C(C(C)C)N(C2CCOC(C)(C)C2)C1=O. The van der Waals surface area contributed by atoms with E-state index in [1.807, 2.05) is 25.7 Å². The third kappa shape index (κ3) is 3.23. The summed E-state index contributed by atoms with van der Waals surface area (Å²) in [6, 6.07) is -0.647. The first kappa shape index (κ1) is 16.3. The van der Waals surface area contributed by atoms with Crippen LogP contribution in [0.25, 0.3) is 0 Å². The van der Waals surface area contributed by atoms with E-state index in [4.69, 9.17) is 4.74 Å².